The van der Waals surface area contributed by atoms with E-state index in [1.807, 2.05) is 18.7 Å². The van der Waals surface area contributed by atoms with E-state index >= 15 is 0 Å². The van der Waals surface area contributed by atoms with Gasteiger partial charge in [-0.2, -0.15) is 8.61 Å². The fourth-order valence-corrected chi connectivity index (χ4v) is 6.97. The highest BCUT2D eigenvalue weighted by molar-refractivity contribution is 7.89. The zero-order chi connectivity index (χ0) is 28.1. The molecule has 1 aliphatic heterocycles. The summed E-state index contributed by atoms with van der Waals surface area (Å²) in [4.78, 5) is 14.6. The number of hydrogen-bond acceptors (Lipinski definition) is 7. The molecule has 9 nitrogen and oxygen atoms in total. The molecule has 0 amide bonds. The summed E-state index contributed by atoms with van der Waals surface area (Å²) >= 11 is 0. The first-order chi connectivity index (χ1) is 17.7. The molecule has 0 bridgehead atoms. The van der Waals surface area contributed by atoms with Gasteiger partial charge in [-0.15, -0.1) is 0 Å². The molecule has 210 valence electrons. The van der Waals surface area contributed by atoms with E-state index in [0.29, 0.717) is 19.6 Å². The average molecular weight is 566 g/mol. The van der Waals surface area contributed by atoms with E-state index in [2.05, 4.69) is 0 Å². The van der Waals surface area contributed by atoms with Crippen LogP contribution in [0.2, 0.25) is 0 Å². The average Bonchev–Trinajstić information content (AvgIpc) is 2.93. The van der Waals surface area contributed by atoms with Gasteiger partial charge in [0, 0.05) is 45.8 Å². The fraction of sp³-hybridized carbons (Fsp3) is 0.519. The molecule has 0 unspecified atom stereocenters. The lowest BCUT2D eigenvalue weighted by Crippen LogP contribution is -2.41. The largest absolute Gasteiger partial charge is 0.460 e. The van der Waals surface area contributed by atoms with Crippen molar-refractivity contribution in [3.8, 4) is 0 Å². The van der Waals surface area contributed by atoms with Gasteiger partial charge in [-0.3, -0.25) is 4.79 Å². The maximum Gasteiger partial charge on any atom is 0.307 e. The van der Waals surface area contributed by atoms with Gasteiger partial charge in [0.2, 0.25) is 20.0 Å². The van der Waals surface area contributed by atoms with Crippen molar-refractivity contribution in [2.24, 2.45) is 0 Å². The fourth-order valence-electron chi connectivity index (χ4n) is 4.13. The number of esters is 1. The minimum atomic E-state index is -3.86. The van der Waals surface area contributed by atoms with Gasteiger partial charge in [0.05, 0.1) is 16.2 Å². The van der Waals surface area contributed by atoms with Crippen LogP contribution in [0.4, 0.5) is 0 Å². The zero-order valence-corrected chi connectivity index (χ0v) is 24.5. The molecule has 0 spiro atoms. The van der Waals surface area contributed by atoms with Gasteiger partial charge >= 0.3 is 5.97 Å². The third kappa shape index (κ3) is 8.09. The Morgan fingerprint density at radius 3 is 1.45 bits per heavy atom. The van der Waals surface area contributed by atoms with E-state index < -0.39 is 25.6 Å². The summed E-state index contributed by atoms with van der Waals surface area (Å²) in [6, 6.07) is 13.2. The number of hydrogen-bond donors (Lipinski definition) is 0. The molecule has 0 aliphatic carbocycles. The summed E-state index contributed by atoms with van der Waals surface area (Å²) in [6.07, 6.45) is 0.118. The predicted octanol–water partition coefficient (Wildman–Crippen LogP) is 3.03. The van der Waals surface area contributed by atoms with E-state index in [-0.39, 0.29) is 48.4 Å². The van der Waals surface area contributed by atoms with E-state index in [4.69, 9.17) is 4.74 Å². The van der Waals surface area contributed by atoms with Crippen molar-refractivity contribution in [3.05, 3.63) is 59.7 Å². The number of carbonyl (C=O) groups excluding carboxylic acids is 1. The third-order valence-electron chi connectivity index (χ3n) is 6.30. The number of ether oxygens (including phenoxy) is 1. The van der Waals surface area contributed by atoms with E-state index in [9.17, 15) is 21.6 Å². The molecule has 0 saturated carbocycles. The molecule has 0 radical (unpaired) electrons. The Hall–Kier alpha value is -2.31. The van der Waals surface area contributed by atoms with E-state index in [1.165, 1.54) is 8.61 Å². The van der Waals surface area contributed by atoms with Crippen LogP contribution >= 0.6 is 0 Å². The number of sulfonamides is 2. The first kappa shape index (κ1) is 30.2. The second-order valence-corrected chi connectivity index (χ2v) is 14.5. The SMILES string of the molecule is Cc1ccc(S(=O)(=O)N2CCN(CCC(=O)OC(C)(C)C)CCN(S(=O)(=O)c3ccc(C)cc3)CC2)cc1. The number of carbonyl (C=O) groups is 1. The standard InChI is InChI=1S/C27H39N3O6S2/c1-22-6-10-24(11-7-22)37(32,33)29-18-16-28(15-14-26(31)36-27(3,4)5)17-19-30(21-20-29)38(34,35)25-12-8-23(2)9-13-25/h6-13H,14-21H2,1-5H3. The van der Waals surface area contributed by atoms with Crippen molar-refractivity contribution >= 4 is 26.0 Å². The topological polar surface area (TPSA) is 104 Å². The number of nitrogens with zero attached hydrogens (tertiary/aromatic N) is 3. The van der Waals surface area contributed by atoms with Gasteiger partial charge in [0.25, 0.3) is 0 Å². The van der Waals surface area contributed by atoms with E-state index in [1.54, 1.807) is 69.3 Å². The Balaban J connectivity index is 1.87. The number of aryl methyl sites for hydroxylation is 2. The molecule has 0 aromatic heterocycles. The Morgan fingerprint density at radius 1 is 0.711 bits per heavy atom. The molecular formula is C27H39N3O6S2. The van der Waals surface area contributed by atoms with Crippen LogP contribution in [0.15, 0.2) is 58.3 Å². The molecule has 2 aromatic rings. The van der Waals surface area contributed by atoms with Crippen LogP contribution in [0.1, 0.15) is 38.3 Å². The van der Waals surface area contributed by atoms with Crippen LogP contribution in [0.25, 0.3) is 0 Å². The lowest BCUT2D eigenvalue weighted by atomic mass is 10.2. The quantitative estimate of drug-likeness (QED) is 0.476. The Bertz CT molecular complexity index is 1210. The third-order valence-corrected chi connectivity index (χ3v) is 10.1. The number of benzene rings is 2. The summed E-state index contributed by atoms with van der Waals surface area (Å²) < 4.78 is 62.2. The highest BCUT2D eigenvalue weighted by atomic mass is 32.2. The number of rotatable bonds is 7. The minimum absolute atomic E-state index is 0.0151. The van der Waals surface area contributed by atoms with Crippen molar-refractivity contribution in [3.63, 3.8) is 0 Å². The van der Waals surface area contributed by atoms with Crippen molar-refractivity contribution in [2.45, 2.75) is 56.4 Å². The highest BCUT2D eigenvalue weighted by Gasteiger charge is 2.31. The maximum absolute atomic E-state index is 13.5. The Kier molecular flexibility index (Phi) is 9.75. The summed E-state index contributed by atoms with van der Waals surface area (Å²) in [6.45, 7) is 10.6. The van der Waals surface area contributed by atoms with Crippen molar-refractivity contribution in [1.29, 1.82) is 0 Å². The maximum atomic E-state index is 13.5. The second-order valence-electron chi connectivity index (χ2n) is 10.6. The van der Waals surface area contributed by atoms with E-state index in [0.717, 1.165) is 11.1 Å². The molecule has 11 heteroatoms. The normalized spacial score (nSPS) is 17.4. The Labute approximate surface area is 227 Å². The molecule has 3 rings (SSSR count). The van der Waals surface area contributed by atoms with Gasteiger partial charge < -0.3 is 9.64 Å². The Morgan fingerprint density at radius 2 is 1.08 bits per heavy atom. The lowest BCUT2D eigenvalue weighted by molar-refractivity contribution is -0.155. The van der Waals surface area contributed by atoms with Crippen LogP contribution in [-0.2, 0) is 29.6 Å². The van der Waals surface area contributed by atoms with Gasteiger partial charge in [0.1, 0.15) is 5.60 Å². The van der Waals surface area contributed by atoms with Crippen LogP contribution < -0.4 is 0 Å². The monoisotopic (exact) mass is 565 g/mol. The molecule has 1 saturated heterocycles. The predicted molar refractivity (Wildman–Crippen MR) is 147 cm³/mol. The summed E-state index contributed by atoms with van der Waals surface area (Å²) in [5, 5.41) is 0. The van der Waals surface area contributed by atoms with Gasteiger partial charge in [-0.25, -0.2) is 16.8 Å². The smallest absolute Gasteiger partial charge is 0.307 e. The van der Waals surface area contributed by atoms with Gasteiger partial charge in [-0.05, 0) is 58.9 Å². The zero-order valence-electron chi connectivity index (χ0n) is 22.9. The molecule has 38 heavy (non-hydrogen) atoms. The van der Waals surface area contributed by atoms with Gasteiger partial charge in [0.15, 0.2) is 0 Å². The highest BCUT2D eigenvalue weighted by Crippen LogP contribution is 2.21. The summed E-state index contributed by atoms with van der Waals surface area (Å²) in [5.41, 5.74) is 1.28. The van der Waals surface area contributed by atoms with Crippen LogP contribution in [0.5, 0.6) is 0 Å². The molecule has 1 aliphatic rings. The first-order valence-electron chi connectivity index (χ1n) is 12.8. The van der Waals surface area contributed by atoms with Crippen LogP contribution in [-0.4, -0.2) is 87.7 Å². The lowest BCUT2D eigenvalue weighted by Gasteiger charge is -2.26. The van der Waals surface area contributed by atoms with Crippen molar-refractivity contribution in [1.82, 2.24) is 13.5 Å². The second kappa shape index (κ2) is 12.3. The summed E-state index contributed by atoms with van der Waals surface area (Å²) in [7, 11) is -7.72. The van der Waals surface area contributed by atoms with Crippen LogP contribution in [0.3, 0.4) is 0 Å². The molecular weight excluding hydrogens is 526 g/mol. The van der Waals surface area contributed by atoms with Gasteiger partial charge in [-0.1, -0.05) is 35.4 Å². The van der Waals surface area contributed by atoms with Crippen LogP contribution in [0, 0.1) is 13.8 Å². The first-order valence-corrected chi connectivity index (χ1v) is 15.6. The molecule has 0 N–H and O–H groups in total. The minimum Gasteiger partial charge on any atom is -0.460 e. The molecule has 1 heterocycles. The molecule has 2 aromatic carbocycles. The summed E-state index contributed by atoms with van der Waals surface area (Å²) in [5.74, 6) is -0.356. The van der Waals surface area contributed by atoms with Crippen molar-refractivity contribution in [2.75, 3.05) is 45.8 Å². The molecule has 0 atom stereocenters. The molecule has 1 fully saturated rings. The van der Waals surface area contributed by atoms with Crippen molar-refractivity contribution < 1.29 is 26.4 Å².